The van der Waals surface area contributed by atoms with Crippen molar-refractivity contribution < 1.29 is 5.11 Å². The van der Waals surface area contributed by atoms with Gasteiger partial charge in [-0.15, -0.1) is 0 Å². The van der Waals surface area contributed by atoms with Gasteiger partial charge >= 0.3 is 0 Å². The van der Waals surface area contributed by atoms with Crippen molar-refractivity contribution in [3.63, 3.8) is 0 Å². The third-order valence-electron chi connectivity index (χ3n) is 2.52. The molecule has 0 bridgehead atoms. The van der Waals surface area contributed by atoms with Crippen LogP contribution in [0.5, 0.6) is 5.75 Å². The zero-order valence-corrected chi connectivity index (χ0v) is 9.07. The summed E-state index contributed by atoms with van der Waals surface area (Å²) < 4.78 is 0. The SMILES string of the molecule is Oc1ccc(Cl)c(Cl)c1[C@H]1CCCN1. The van der Waals surface area contributed by atoms with Gasteiger partial charge in [0.2, 0.25) is 0 Å². The molecule has 2 N–H and O–H groups in total. The molecule has 0 radical (unpaired) electrons. The first-order valence-electron chi connectivity index (χ1n) is 4.60. The molecule has 2 rings (SSSR count). The Morgan fingerprint density at radius 1 is 1.36 bits per heavy atom. The molecule has 0 aliphatic carbocycles. The summed E-state index contributed by atoms with van der Waals surface area (Å²) in [5.41, 5.74) is 0.733. The minimum Gasteiger partial charge on any atom is -0.508 e. The molecule has 1 atom stereocenters. The average Bonchev–Trinajstić information content (AvgIpc) is 2.65. The van der Waals surface area contributed by atoms with Crippen molar-refractivity contribution in [3.8, 4) is 5.75 Å². The number of hydrogen-bond donors (Lipinski definition) is 2. The molecule has 1 saturated heterocycles. The Morgan fingerprint density at radius 2 is 2.14 bits per heavy atom. The maximum atomic E-state index is 9.69. The first-order valence-corrected chi connectivity index (χ1v) is 5.36. The van der Waals surface area contributed by atoms with Crippen molar-refractivity contribution >= 4 is 23.2 Å². The molecule has 0 spiro atoms. The average molecular weight is 232 g/mol. The van der Waals surface area contributed by atoms with E-state index >= 15 is 0 Å². The van der Waals surface area contributed by atoms with Gasteiger partial charge in [-0.1, -0.05) is 23.2 Å². The molecule has 0 saturated carbocycles. The Hall–Kier alpha value is -0.440. The van der Waals surface area contributed by atoms with Crippen LogP contribution in [0.1, 0.15) is 24.4 Å². The van der Waals surface area contributed by atoms with Gasteiger partial charge in [-0.3, -0.25) is 0 Å². The lowest BCUT2D eigenvalue weighted by Crippen LogP contribution is -2.13. The fourth-order valence-electron chi connectivity index (χ4n) is 1.82. The fourth-order valence-corrected chi connectivity index (χ4v) is 2.27. The fraction of sp³-hybridized carbons (Fsp3) is 0.400. The van der Waals surface area contributed by atoms with Crippen molar-refractivity contribution in [3.05, 3.63) is 27.7 Å². The van der Waals surface area contributed by atoms with E-state index in [1.807, 2.05) is 0 Å². The third kappa shape index (κ3) is 1.70. The van der Waals surface area contributed by atoms with E-state index < -0.39 is 0 Å². The van der Waals surface area contributed by atoms with Gasteiger partial charge in [0.25, 0.3) is 0 Å². The minimum absolute atomic E-state index is 0.140. The van der Waals surface area contributed by atoms with Crippen LogP contribution < -0.4 is 5.32 Å². The first-order chi connectivity index (χ1) is 6.70. The second-order valence-corrected chi connectivity index (χ2v) is 4.23. The van der Waals surface area contributed by atoms with Crippen LogP contribution in [0.15, 0.2) is 12.1 Å². The quantitative estimate of drug-likeness (QED) is 0.779. The number of hydrogen-bond acceptors (Lipinski definition) is 2. The molecule has 1 heterocycles. The van der Waals surface area contributed by atoms with E-state index in [4.69, 9.17) is 23.2 Å². The lowest BCUT2D eigenvalue weighted by Gasteiger charge is -2.15. The molecule has 1 aromatic rings. The molecule has 4 heteroatoms. The molecule has 2 nitrogen and oxygen atoms in total. The van der Waals surface area contributed by atoms with Gasteiger partial charge in [-0.25, -0.2) is 0 Å². The zero-order chi connectivity index (χ0) is 10.1. The summed E-state index contributed by atoms with van der Waals surface area (Å²) in [4.78, 5) is 0. The maximum Gasteiger partial charge on any atom is 0.121 e. The Bertz CT molecular complexity index is 348. The number of halogens is 2. The van der Waals surface area contributed by atoms with Crippen LogP contribution in [0.25, 0.3) is 0 Å². The molecular formula is C10H11Cl2NO. The summed E-state index contributed by atoms with van der Waals surface area (Å²) >= 11 is 11.9. The number of benzene rings is 1. The van der Waals surface area contributed by atoms with Gasteiger partial charge in [0.05, 0.1) is 10.0 Å². The Labute approximate surface area is 92.8 Å². The highest BCUT2D eigenvalue weighted by molar-refractivity contribution is 6.42. The second-order valence-electron chi connectivity index (χ2n) is 3.44. The summed E-state index contributed by atoms with van der Waals surface area (Å²) in [6, 6.07) is 3.34. The van der Waals surface area contributed by atoms with Crippen LogP contribution in [-0.4, -0.2) is 11.7 Å². The molecule has 14 heavy (non-hydrogen) atoms. The van der Waals surface area contributed by atoms with Crippen LogP contribution in [0, 0.1) is 0 Å². The molecule has 0 amide bonds. The molecule has 1 fully saturated rings. The zero-order valence-electron chi connectivity index (χ0n) is 7.56. The van der Waals surface area contributed by atoms with E-state index in [9.17, 15) is 5.11 Å². The highest BCUT2D eigenvalue weighted by atomic mass is 35.5. The predicted octanol–water partition coefficient (Wildman–Crippen LogP) is 3.12. The molecule has 1 aliphatic rings. The Balaban J connectivity index is 2.44. The van der Waals surface area contributed by atoms with Gasteiger partial charge in [-0.2, -0.15) is 0 Å². The van der Waals surface area contributed by atoms with Gasteiger partial charge in [-0.05, 0) is 31.5 Å². The highest BCUT2D eigenvalue weighted by Gasteiger charge is 2.23. The van der Waals surface area contributed by atoms with Crippen molar-refractivity contribution in [2.75, 3.05) is 6.54 Å². The lowest BCUT2D eigenvalue weighted by molar-refractivity contribution is 0.457. The maximum absolute atomic E-state index is 9.69. The van der Waals surface area contributed by atoms with Crippen LogP contribution in [0.3, 0.4) is 0 Å². The summed E-state index contributed by atoms with van der Waals surface area (Å²) in [6.07, 6.45) is 2.10. The number of phenols is 1. The lowest BCUT2D eigenvalue weighted by atomic mass is 10.0. The van der Waals surface area contributed by atoms with E-state index in [2.05, 4.69) is 5.32 Å². The van der Waals surface area contributed by atoms with Crippen molar-refractivity contribution in [2.24, 2.45) is 0 Å². The van der Waals surface area contributed by atoms with E-state index in [-0.39, 0.29) is 11.8 Å². The topological polar surface area (TPSA) is 32.3 Å². The molecule has 1 aliphatic heterocycles. The normalized spacial score (nSPS) is 21.4. The van der Waals surface area contributed by atoms with Gasteiger partial charge in [0.15, 0.2) is 0 Å². The number of phenolic OH excluding ortho intramolecular Hbond substituents is 1. The predicted molar refractivity (Wildman–Crippen MR) is 58.1 cm³/mol. The molecule has 0 unspecified atom stereocenters. The molecule has 0 aromatic heterocycles. The first kappa shape index (κ1) is 10.1. The van der Waals surface area contributed by atoms with Gasteiger partial charge in [0, 0.05) is 11.6 Å². The molecular weight excluding hydrogens is 221 g/mol. The van der Waals surface area contributed by atoms with Gasteiger partial charge < -0.3 is 10.4 Å². The van der Waals surface area contributed by atoms with E-state index in [0.717, 1.165) is 24.9 Å². The Morgan fingerprint density at radius 3 is 2.79 bits per heavy atom. The minimum atomic E-state index is 0.140. The van der Waals surface area contributed by atoms with Crippen molar-refractivity contribution in [2.45, 2.75) is 18.9 Å². The van der Waals surface area contributed by atoms with Crippen LogP contribution in [0.4, 0.5) is 0 Å². The number of nitrogens with one attached hydrogen (secondary N) is 1. The van der Waals surface area contributed by atoms with E-state index in [0.29, 0.717) is 10.0 Å². The second kappa shape index (κ2) is 3.97. The largest absolute Gasteiger partial charge is 0.508 e. The van der Waals surface area contributed by atoms with Crippen LogP contribution >= 0.6 is 23.2 Å². The number of aromatic hydroxyl groups is 1. The van der Waals surface area contributed by atoms with Gasteiger partial charge in [0.1, 0.15) is 5.75 Å². The monoisotopic (exact) mass is 231 g/mol. The summed E-state index contributed by atoms with van der Waals surface area (Å²) in [6.45, 7) is 0.965. The van der Waals surface area contributed by atoms with Crippen LogP contribution in [0.2, 0.25) is 10.0 Å². The summed E-state index contributed by atoms with van der Waals surface area (Å²) in [5.74, 6) is 0.221. The third-order valence-corrected chi connectivity index (χ3v) is 3.34. The highest BCUT2D eigenvalue weighted by Crippen LogP contribution is 2.39. The standard InChI is InChI=1S/C10H11Cl2NO/c11-6-3-4-8(14)9(10(6)12)7-2-1-5-13-7/h3-4,7,13-14H,1-2,5H2/t7-/m1/s1. The number of rotatable bonds is 1. The molecule has 1 aromatic carbocycles. The van der Waals surface area contributed by atoms with E-state index in [1.165, 1.54) is 0 Å². The van der Waals surface area contributed by atoms with Crippen molar-refractivity contribution in [1.29, 1.82) is 0 Å². The molecule has 76 valence electrons. The smallest absolute Gasteiger partial charge is 0.121 e. The van der Waals surface area contributed by atoms with E-state index in [1.54, 1.807) is 12.1 Å². The summed E-state index contributed by atoms with van der Waals surface area (Å²) in [5, 5.41) is 13.9. The van der Waals surface area contributed by atoms with Crippen molar-refractivity contribution in [1.82, 2.24) is 5.32 Å². The van der Waals surface area contributed by atoms with Crippen LogP contribution in [-0.2, 0) is 0 Å². The summed E-state index contributed by atoms with van der Waals surface area (Å²) in [7, 11) is 0. The Kier molecular flexibility index (Phi) is 2.86.